The van der Waals surface area contributed by atoms with Crippen LogP contribution in [-0.4, -0.2) is 13.1 Å². The highest BCUT2D eigenvalue weighted by molar-refractivity contribution is 7.99. The Kier molecular flexibility index (Phi) is 4.91. The van der Waals surface area contributed by atoms with E-state index in [0.717, 1.165) is 9.79 Å². The molecule has 0 aliphatic rings. The van der Waals surface area contributed by atoms with E-state index in [2.05, 4.69) is 38.1 Å². The molecule has 21 heavy (non-hydrogen) atoms. The third-order valence-electron chi connectivity index (χ3n) is 3.21. The van der Waals surface area contributed by atoms with Crippen molar-refractivity contribution >= 4 is 23.4 Å². The predicted molar refractivity (Wildman–Crippen MR) is 86.8 cm³/mol. The van der Waals surface area contributed by atoms with Crippen LogP contribution in [0.3, 0.4) is 0 Å². The zero-order valence-corrected chi connectivity index (χ0v) is 13.2. The van der Waals surface area contributed by atoms with Gasteiger partial charge in [0.1, 0.15) is 0 Å². The lowest BCUT2D eigenvalue weighted by Gasteiger charge is -2.09. The first-order chi connectivity index (χ1) is 10.0. The standard InChI is InChI=1S/C17H19NO2S/c1-11(2)12-4-7-14(8-5-12)21-16-10-13(17(19)20-3)6-9-15(16)18/h4-11H,18H2,1-3H3. The minimum atomic E-state index is -0.355. The molecule has 0 aliphatic carbocycles. The van der Waals surface area contributed by atoms with Gasteiger partial charge in [0, 0.05) is 15.5 Å². The Labute approximate surface area is 129 Å². The predicted octanol–water partition coefficient (Wildman–Crippen LogP) is 4.33. The van der Waals surface area contributed by atoms with E-state index in [0.29, 0.717) is 17.2 Å². The third kappa shape index (κ3) is 3.79. The molecule has 0 amide bonds. The smallest absolute Gasteiger partial charge is 0.337 e. The number of nitrogen functional groups attached to an aromatic ring is 1. The monoisotopic (exact) mass is 301 g/mol. The number of hydrogen-bond donors (Lipinski definition) is 1. The highest BCUT2D eigenvalue weighted by atomic mass is 32.2. The summed E-state index contributed by atoms with van der Waals surface area (Å²) in [6, 6.07) is 13.6. The van der Waals surface area contributed by atoms with Crippen LogP contribution in [0.25, 0.3) is 0 Å². The molecule has 0 heterocycles. The van der Waals surface area contributed by atoms with Crippen molar-refractivity contribution in [3.05, 3.63) is 53.6 Å². The molecule has 4 heteroatoms. The second-order valence-electron chi connectivity index (χ2n) is 5.07. The van der Waals surface area contributed by atoms with E-state index >= 15 is 0 Å². The van der Waals surface area contributed by atoms with E-state index in [-0.39, 0.29) is 5.97 Å². The Morgan fingerprint density at radius 1 is 1.14 bits per heavy atom. The van der Waals surface area contributed by atoms with Gasteiger partial charge in [-0.2, -0.15) is 0 Å². The van der Waals surface area contributed by atoms with Crippen molar-refractivity contribution in [2.45, 2.75) is 29.6 Å². The second kappa shape index (κ2) is 6.68. The molecule has 0 unspecified atom stereocenters. The fourth-order valence-corrected chi connectivity index (χ4v) is 2.81. The fourth-order valence-electron chi connectivity index (χ4n) is 1.92. The van der Waals surface area contributed by atoms with Gasteiger partial charge in [0.05, 0.1) is 12.7 Å². The molecular formula is C17H19NO2S. The van der Waals surface area contributed by atoms with Crippen LogP contribution in [0.5, 0.6) is 0 Å². The van der Waals surface area contributed by atoms with Gasteiger partial charge in [-0.15, -0.1) is 0 Å². The van der Waals surface area contributed by atoms with Crippen LogP contribution < -0.4 is 5.73 Å². The van der Waals surface area contributed by atoms with Crippen LogP contribution in [0.1, 0.15) is 35.7 Å². The fraction of sp³-hybridized carbons (Fsp3) is 0.235. The first-order valence-electron chi connectivity index (χ1n) is 6.77. The Morgan fingerprint density at radius 2 is 1.81 bits per heavy atom. The van der Waals surface area contributed by atoms with E-state index in [1.807, 2.05) is 0 Å². The van der Waals surface area contributed by atoms with Gasteiger partial charge in [0.15, 0.2) is 0 Å². The zero-order valence-electron chi connectivity index (χ0n) is 12.4. The summed E-state index contributed by atoms with van der Waals surface area (Å²) in [6.45, 7) is 4.33. The molecular weight excluding hydrogens is 282 g/mol. The molecule has 2 aromatic rings. The number of anilines is 1. The van der Waals surface area contributed by atoms with Gasteiger partial charge in [0.25, 0.3) is 0 Å². The lowest BCUT2D eigenvalue weighted by Crippen LogP contribution is -2.02. The van der Waals surface area contributed by atoms with Gasteiger partial charge in [-0.25, -0.2) is 4.79 Å². The van der Waals surface area contributed by atoms with Crippen LogP contribution in [0, 0.1) is 0 Å². The SMILES string of the molecule is COC(=O)c1ccc(N)c(Sc2ccc(C(C)C)cc2)c1. The van der Waals surface area contributed by atoms with Gasteiger partial charge in [-0.3, -0.25) is 0 Å². The van der Waals surface area contributed by atoms with Gasteiger partial charge < -0.3 is 10.5 Å². The number of methoxy groups -OCH3 is 1. The summed E-state index contributed by atoms with van der Waals surface area (Å²) in [6.07, 6.45) is 0. The third-order valence-corrected chi connectivity index (χ3v) is 4.29. The molecule has 110 valence electrons. The quantitative estimate of drug-likeness (QED) is 0.674. The van der Waals surface area contributed by atoms with Crippen LogP contribution >= 0.6 is 11.8 Å². The van der Waals surface area contributed by atoms with Gasteiger partial charge in [-0.1, -0.05) is 37.7 Å². The summed E-state index contributed by atoms with van der Waals surface area (Å²) in [5.41, 5.74) is 8.45. The summed E-state index contributed by atoms with van der Waals surface area (Å²) in [5, 5.41) is 0. The first kappa shape index (κ1) is 15.4. The Hall–Kier alpha value is -1.94. The number of rotatable bonds is 4. The average Bonchev–Trinajstić information content (AvgIpc) is 2.49. The second-order valence-corrected chi connectivity index (χ2v) is 6.19. The number of ether oxygens (including phenoxy) is 1. The van der Waals surface area contributed by atoms with E-state index < -0.39 is 0 Å². The maximum absolute atomic E-state index is 11.6. The van der Waals surface area contributed by atoms with Gasteiger partial charge >= 0.3 is 5.97 Å². The summed E-state index contributed by atoms with van der Waals surface area (Å²) >= 11 is 1.54. The molecule has 0 saturated heterocycles. The molecule has 2 N–H and O–H groups in total. The van der Waals surface area contributed by atoms with Crippen LogP contribution in [0.4, 0.5) is 5.69 Å². The van der Waals surface area contributed by atoms with E-state index in [1.54, 1.807) is 30.0 Å². The molecule has 0 spiro atoms. The van der Waals surface area contributed by atoms with Crippen LogP contribution in [-0.2, 0) is 4.74 Å². The topological polar surface area (TPSA) is 52.3 Å². The average molecular weight is 301 g/mol. The Morgan fingerprint density at radius 3 is 2.38 bits per heavy atom. The molecule has 0 radical (unpaired) electrons. The molecule has 0 bridgehead atoms. The largest absolute Gasteiger partial charge is 0.465 e. The summed E-state index contributed by atoms with van der Waals surface area (Å²) in [4.78, 5) is 13.5. The van der Waals surface area contributed by atoms with Crippen molar-refractivity contribution in [2.75, 3.05) is 12.8 Å². The number of benzene rings is 2. The van der Waals surface area contributed by atoms with Crippen LogP contribution in [0.2, 0.25) is 0 Å². The van der Waals surface area contributed by atoms with Crippen LogP contribution in [0.15, 0.2) is 52.3 Å². The number of hydrogen-bond acceptors (Lipinski definition) is 4. The highest BCUT2D eigenvalue weighted by Crippen LogP contribution is 2.33. The van der Waals surface area contributed by atoms with E-state index in [9.17, 15) is 4.79 Å². The van der Waals surface area contributed by atoms with Crippen molar-refractivity contribution in [3.63, 3.8) is 0 Å². The zero-order chi connectivity index (χ0) is 15.4. The van der Waals surface area contributed by atoms with Gasteiger partial charge in [0.2, 0.25) is 0 Å². The maximum atomic E-state index is 11.6. The number of carbonyl (C=O) groups excluding carboxylic acids is 1. The Balaban J connectivity index is 2.24. The molecule has 0 aromatic heterocycles. The normalized spacial score (nSPS) is 10.7. The first-order valence-corrected chi connectivity index (χ1v) is 7.58. The molecule has 3 nitrogen and oxygen atoms in total. The van der Waals surface area contributed by atoms with Crippen molar-refractivity contribution in [2.24, 2.45) is 0 Å². The lowest BCUT2D eigenvalue weighted by molar-refractivity contribution is 0.0600. The lowest BCUT2D eigenvalue weighted by atomic mass is 10.0. The van der Waals surface area contributed by atoms with Crippen molar-refractivity contribution in [1.82, 2.24) is 0 Å². The van der Waals surface area contributed by atoms with Gasteiger partial charge in [-0.05, 0) is 41.8 Å². The van der Waals surface area contributed by atoms with Crippen molar-refractivity contribution in [1.29, 1.82) is 0 Å². The molecule has 0 saturated carbocycles. The maximum Gasteiger partial charge on any atom is 0.337 e. The Bertz CT molecular complexity index is 636. The number of esters is 1. The number of nitrogens with two attached hydrogens (primary N) is 1. The van der Waals surface area contributed by atoms with Crippen molar-refractivity contribution in [3.8, 4) is 0 Å². The molecule has 0 aliphatic heterocycles. The minimum absolute atomic E-state index is 0.355. The summed E-state index contributed by atoms with van der Waals surface area (Å²) < 4.78 is 4.73. The molecule has 2 aromatic carbocycles. The summed E-state index contributed by atoms with van der Waals surface area (Å²) in [7, 11) is 1.37. The highest BCUT2D eigenvalue weighted by Gasteiger charge is 2.10. The summed E-state index contributed by atoms with van der Waals surface area (Å²) in [5.74, 6) is 0.156. The number of carbonyl (C=O) groups is 1. The van der Waals surface area contributed by atoms with E-state index in [4.69, 9.17) is 10.5 Å². The van der Waals surface area contributed by atoms with E-state index in [1.165, 1.54) is 12.7 Å². The molecule has 0 fully saturated rings. The van der Waals surface area contributed by atoms with Crippen molar-refractivity contribution < 1.29 is 9.53 Å². The minimum Gasteiger partial charge on any atom is -0.465 e. The molecule has 2 rings (SSSR count). The molecule has 0 atom stereocenters.